The van der Waals surface area contributed by atoms with Crippen LogP contribution in [0.4, 0.5) is 0 Å². The summed E-state index contributed by atoms with van der Waals surface area (Å²) in [7, 11) is 0. The monoisotopic (exact) mass is 219 g/mol. The highest BCUT2D eigenvalue weighted by Crippen LogP contribution is 2.28. The van der Waals surface area contributed by atoms with E-state index in [1.807, 2.05) is 30.3 Å². The van der Waals surface area contributed by atoms with E-state index >= 15 is 0 Å². The molecule has 4 heteroatoms. The van der Waals surface area contributed by atoms with Gasteiger partial charge in [-0.05, 0) is 12.5 Å². The van der Waals surface area contributed by atoms with Crippen LogP contribution < -0.4 is 0 Å². The Hall–Kier alpha value is -1.68. The molecule has 0 saturated heterocycles. The minimum absolute atomic E-state index is 0.132. The van der Waals surface area contributed by atoms with Crippen molar-refractivity contribution in [2.24, 2.45) is 4.99 Å². The largest absolute Gasteiger partial charge is 0.480 e. The van der Waals surface area contributed by atoms with Crippen molar-refractivity contribution in [1.82, 2.24) is 0 Å². The van der Waals surface area contributed by atoms with E-state index in [0.29, 0.717) is 5.71 Å². The minimum atomic E-state index is -1.16. The van der Waals surface area contributed by atoms with Crippen LogP contribution in [-0.2, 0) is 4.79 Å². The Balaban J connectivity index is 2.39. The average Bonchev–Trinajstić information content (AvgIpc) is 2.56. The summed E-state index contributed by atoms with van der Waals surface area (Å²) in [6.45, 7) is 1.60. The van der Waals surface area contributed by atoms with Crippen molar-refractivity contribution in [3.05, 3.63) is 35.9 Å². The molecular weight excluding hydrogens is 206 g/mol. The van der Waals surface area contributed by atoms with Gasteiger partial charge in [0, 0.05) is 6.42 Å². The minimum Gasteiger partial charge on any atom is -0.480 e. The number of nitrogens with zero attached hydrogens (tertiary/aromatic N) is 1. The van der Waals surface area contributed by atoms with Gasteiger partial charge in [-0.25, -0.2) is 4.79 Å². The summed E-state index contributed by atoms with van der Waals surface area (Å²) in [6, 6.07) is 8.33. The summed E-state index contributed by atoms with van der Waals surface area (Å²) in [6.07, 6.45) is 0.132. The van der Waals surface area contributed by atoms with Crippen LogP contribution in [0.25, 0.3) is 0 Å². The highest BCUT2D eigenvalue weighted by molar-refractivity contribution is 6.09. The first-order valence-corrected chi connectivity index (χ1v) is 5.09. The molecule has 0 aromatic heterocycles. The molecule has 1 aliphatic heterocycles. The van der Waals surface area contributed by atoms with Gasteiger partial charge in [0.15, 0.2) is 6.04 Å². The zero-order valence-electron chi connectivity index (χ0n) is 8.92. The van der Waals surface area contributed by atoms with Crippen molar-refractivity contribution >= 4 is 11.7 Å². The molecule has 0 unspecified atom stereocenters. The maximum Gasteiger partial charge on any atom is 0.328 e. The molecule has 0 fully saturated rings. The topological polar surface area (TPSA) is 69.9 Å². The van der Waals surface area contributed by atoms with E-state index in [4.69, 9.17) is 5.11 Å². The molecule has 1 heterocycles. The van der Waals surface area contributed by atoms with E-state index in [0.717, 1.165) is 5.56 Å². The van der Waals surface area contributed by atoms with Crippen LogP contribution >= 0.6 is 0 Å². The van der Waals surface area contributed by atoms with Gasteiger partial charge in [0.25, 0.3) is 0 Å². The Morgan fingerprint density at radius 1 is 1.44 bits per heavy atom. The van der Waals surface area contributed by atoms with Gasteiger partial charge in [-0.2, -0.15) is 0 Å². The standard InChI is InChI=1S/C12H13NO3/c1-12(16)7-9(11(14)15)13-10(12)8-5-3-2-4-6-8/h2-6,9,16H,7H2,1H3,(H,14,15)/t9-,12+/m0/s1. The van der Waals surface area contributed by atoms with Crippen LogP contribution in [0.2, 0.25) is 0 Å². The van der Waals surface area contributed by atoms with Gasteiger partial charge in [-0.1, -0.05) is 30.3 Å². The van der Waals surface area contributed by atoms with E-state index in [-0.39, 0.29) is 6.42 Å². The first-order valence-electron chi connectivity index (χ1n) is 5.09. The van der Waals surface area contributed by atoms with Crippen LogP contribution in [-0.4, -0.2) is 33.5 Å². The van der Waals surface area contributed by atoms with Gasteiger partial charge in [-0.15, -0.1) is 0 Å². The SMILES string of the molecule is C[C@@]1(O)C[C@@H](C(=O)O)N=C1c1ccccc1. The second-order valence-corrected chi connectivity index (χ2v) is 4.18. The van der Waals surface area contributed by atoms with Crippen molar-refractivity contribution in [3.63, 3.8) is 0 Å². The van der Waals surface area contributed by atoms with Crippen LogP contribution in [0.3, 0.4) is 0 Å². The Labute approximate surface area is 93.3 Å². The van der Waals surface area contributed by atoms with Crippen LogP contribution in [0.15, 0.2) is 35.3 Å². The van der Waals surface area contributed by atoms with Gasteiger partial charge in [0.2, 0.25) is 0 Å². The molecule has 1 aliphatic rings. The molecule has 0 radical (unpaired) electrons. The van der Waals surface area contributed by atoms with Crippen molar-refractivity contribution in [3.8, 4) is 0 Å². The highest BCUT2D eigenvalue weighted by atomic mass is 16.4. The molecule has 1 aromatic carbocycles. The summed E-state index contributed by atoms with van der Waals surface area (Å²) in [5.41, 5.74) is 0.0708. The molecule has 0 spiro atoms. The summed E-state index contributed by atoms with van der Waals surface area (Å²) in [5, 5.41) is 19.0. The molecule has 0 amide bonds. The number of carbonyl (C=O) groups is 1. The van der Waals surface area contributed by atoms with Crippen molar-refractivity contribution in [2.75, 3.05) is 0 Å². The molecule has 4 nitrogen and oxygen atoms in total. The molecule has 1 aromatic rings. The van der Waals surface area contributed by atoms with Gasteiger partial charge >= 0.3 is 5.97 Å². The summed E-state index contributed by atoms with van der Waals surface area (Å²) in [5.74, 6) is -0.994. The predicted molar refractivity (Wildman–Crippen MR) is 59.6 cm³/mol. The van der Waals surface area contributed by atoms with Gasteiger partial charge in [-0.3, -0.25) is 4.99 Å². The molecule has 84 valence electrons. The van der Waals surface area contributed by atoms with E-state index in [1.54, 1.807) is 6.92 Å². The fourth-order valence-electron chi connectivity index (χ4n) is 1.94. The summed E-state index contributed by atoms with van der Waals surface area (Å²) in [4.78, 5) is 14.9. The maximum absolute atomic E-state index is 10.8. The second-order valence-electron chi connectivity index (χ2n) is 4.18. The number of hydrogen-bond donors (Lipinski definition) is 2. The van der Waals surface area contributed by atoms with Crippen molar-refractivity contribution < 1.29 is 15.0 Å². The number of aliphatic imine (C=N–C) groups is 1. The number of aliphatic carboxylic acids is 1. The summed E-state index contributed by atoms with van der Waals surface area (Å²) < 4.78 is 0. The molecule has 2 N–H and O–H groups in total. The molecule has 0 aliphatic carbocycles. The molecular formula is C12H13NO3. The third kappa shape index (κ3) is 1.84. The Morgan fingerprint density at radius 2 is 2.06 bits per heavy atom. The fraction of sp³-hybridized carbons (Fsp3) is 0.333. The second kappa shape index (κ2) is 3.72. The quantitative estimate of drug-likeness (QED) is 0.782. The lowest BCUT2D eigenvalue weighted by Gasteiger charge is -2.19. The molecule has 16 heavy (non-hydrogen) atoms. The van der Waals surface area contributed by atoms with E-state index < -0.39 is 17.6 Å². The Kier molecular flexibility index (Phi) is 2.52. The predicted octanol–water partition coefficient (Wildman–Crippen LogP) is 1.08. The Morgan fingerprint density at radius 3 is 2.56 bits per heavy atom. The zero-order valence-corrected chi connectivity index (χ0v) is 8.92. The average molecular weight is 219 g/mol. The van der Waals surface area contributed by atoms with Gasteiger partial charge < -0.3 is 10.2 Å². The normalized spacial score (nSPS) is 28.9. The first kappa shape index (κ1) is 10.8. The fourth-order valence-corrected chi connectivity index (χ4v) is 1.94. The van der Waals surface area contributed by atoms with E-state index in [2.05, 4.69) is 4.99 Å². The maximum atomic E-state index is 10.8. The van der Waals surface area contributed by atoms with Crippen molar-refractivity contribution in [1.29, 1.82) is 0 Å². The van der Waals surface area contributed by atoms with Crippen LogP contribution in [0.1, 0.15) is 18.9 Å². The lowest BCUT2D eigenvalue weighted by Crippen LogP contribution is -2.33. The van der Waals surface area contributed by atoms with Crippen LogP contribution in [0, 0.1) is 0 Å². The number of benzene rings is 1. The highest BCUT2D eigenvalue weighted by Gasteiger charge is 2.40. The van der Waals surface area contributed by atoms with E-state index in [1.165, 1.54) is 0 Å². The lowest BCUT2D eigenvalue weighted by atomic mass is 9.92. The third-order valence-electron chi connectivity index (χ3n) is 2.72. The first-order chi connectivity index (χ1) is 7.50. The van der Waals surface area contributed by atoms with Gasteiger partial charge in [0.1, 0.15) is 5.60 Å². The number of hydrogen-bond acceptors (Lipinski definition) is 3. The number of aliphatic hydroxyl groups is 1. The third-order valence-corrected chi connectivity index (χ3v) is 2.72. The van der Waals surface area contributed by atoms with Crippen molar-refractivity contribution in [2.45, 2.75) is 25.0 Å². The number of carboxylic acid groups (broad SMARTS) is 1. The smallest absolute Gasteiger partial charge is 0.328 e. The Bertz CT molecular complexity index is 437. The summed E-state index contributed by atoms with van der Waals surface area (Å²) >= 11 is 0. The number of rotatable bonds is 2. The van der Waals surface area contributed by atoms with Crippen LogP contribution in [0.5, 0.6) is 0 Å². The van der Waals surface area contributed by atoms with Gasteiger partial charge in [0.05, 0.1) is 5.71 Å². The molecule has 0 bridgehead atoms. The van der Waals surface area contributed by atoms with E-state index in [9.17, 15) is 9.90 Å². The molecule has 0 saturated carbocycles. The molecule has 2 atom stereocenters. The molecule has 2 rings (SSSR count). The number of carboxylic acids is 1. The zero-order chi connectivity index (χ0) is 11.8. The lowest BCUT2D eigenvalue weighted by molar-refractivity contribution is -0.139.